The fraction of sp³-hybridized carbons (Fsp3) is 0.400. The Hall–Kier alpha value is -2.87. The average molecular weight is 380 g/mol. The van der Waals surface area contributed by atoms with Gasteiger partial charge in [-0.15, -0.1) is 10.2 Å². The molecule has 7 nitrogen and oxygen atoms in total. The Labute approximate surface area is 161 Å². The van der Waals surface area contributed by atoms with Crippen molar-refractivity contribution in [2.75, 3.05) is 11.9 Å². The molecule has 0 radical (unpaired) electrons. The third-order valence-corrected chi connectivity index (χ3v) is 5.96. The zero-order valence-corrected chi connectivity index (χ0v) is 15.5. The van der Waals surface area contributed by atoms with Crippen molar-refractivity contribution in [3.05, 3.63) is 36.8 Å². The molecule has 8 heteroatoms. The van der Waals surface area contributed by atoms with Gasteiger partial charge in [-0.05, 0) is 37.5 Å². The van der Waals surface area contributed by atoms with E-state index >= 15 is 0 Å². The molecule has 144 valence electrons. The number of piperidine rings is 1. The van der Waals surface area contributed by atoms with Gasteiger partial charge in [-0.25, -0.2) is 14.4 Å². The van der Waals surface area contributed by atoms with Crippen molar-refractivity contribution in [1.82, 2.24) is 25.5 Å². The summed E-state index contributed by atoms with van der Waals surface area (Å²) in [7, 11) is 1.87. The number of phenols is 1. The molecule has 0 saturated carbocycles. The number of aromatic nitrogens is 4. The first-order valence-electron chi connectivity index (χ1n) is 9.50. The van der Waals surface area contributed by atoms with Crippen LogP contribution in [-0.2, 0) is 0 Å². The fourth-order valence-electron chi connectivity index (χ4n) is 4.40. The summed E-state index contributed by atoms with van der Waals surface area (Å²) in [5.41, 5.74) is 1.77. The van der Waals surface area contributed by atoms with E-state index in [1.807, 2.05) is 18.0 Å². The number of rotatable bonds is 3. The van der Waals surface area contributed by atoms with Gasteiger partial charge in [-0.1, -0.05) is 0 Å². The fourth-order valence-corrected chi connectivity index (χ4v) is 4.40. The Balaban J connectivity index is 1.42. The smallest absolute Gasteiger partial charge is 0.151 e. The number of benzene rings is 1. The van der Waals surface area contributed by atoms with E-state index < -0.39 is 6.17 Å². The number of halogens is 1. The van der Waals surface area contributed by atoms with Gasteiger partial charge in [-0.2, -0.15) is 0 Å². The molecule has 28 heavy (non-hydrogen) atoms. The van der Waals surface area contributed by atoms with Gasteiger partial charge in [0, 0.05) is 42.3 Å². The van der Waals surface area contributed by atoms with Crippen LogP contribution in [0.25, 0.3) is 22.2 Å². The first-order chi connectivity index (χ1) is 13.6. The first kappa shape index (κ1) is 17.2. The molecule has 4 atom stereocenters. The predicted molar refractivity (Wildman–Crippen MR) is 104 cm³/mol. The molecule has 5 rings (SSSR count). The van der Waals surface area contributed by atoms with Gasteiger partial charge in [-0.3, -0.25) is 0 Å². The molecule has 2 unspecified atom stereocenters. The summed E-state index contributed by atoms with van der Waals surface area (Å²) in [6.07, 6.45) is 4.90. The zero-order valence-electron chi connectivity index (χ0n) is 15.5. The lowest BCUT2D eigenvalue weighted by atomic mass is 9.96. The lowest BCUT2D eigenvalue weighted by Gasteiger charge is -2.38. The highest BCUT2D eigenvalue weighted by molar-refractivity contribution is 5.86. The van der Waals surface area contributed by atoms with Crippen LogP contribution in [0, 0.1) is 0 Å². The highest BCUT2D eigenvalue weighted by atomic mass is 19.1. The van der Waals surface area contributed by atoms with Crippen molar-refractivity contribution < 1.29 is 9.50 Å². The molecular weight excluding hydrogens is 359 g/mol. The van der Waals surface area contributed by atoms with E-state index in [0.717, 1.165) is 24.6 Å². The topological polar surface area (TPSA) is 87.1 Å². The number of alkyl halides is 1. The third-order valence-electron chi connectivity index (χ3n) is 5.96. The van der Waals surface area contributed by atoms with Gasteiger partial charge in [0.05, 0.1) is 17.3 Å². The molecule has 2 saturated heterocycles. The third kappa shape index (κ3) is 2.84. The summed E-state index contributed by atoms with van der Waals surface area (Å²) in [5.74, 6) is 0.710. The lowest BCUT2D eigenvalue weighted by molar-refractivity contribution is 0.176. The Morgan fingerprint density at radius 3 is 2.93 bits per heavy atom. The van der Waals surface area contributed by atoms with Gasteiger partial charge in [0.1, 0.15) is 18.2 Å². The van der Waals surface area contributed by atoms with Gasteiger partial charge >= 0.3 is 0 Å². The minimum atomic E-state index is -0.922. The van der Waals surface area contributed by atoms with Crippen LogP contribution in [0.5, 0.6) is 5.75 Å². The molecule has 0 spiro atoms. The maximum absolute atomic E-state index is 14.8. The highest BCUT2D eigenvalue weighted by Gasteiger charge is 2.43. The number of hydrogen-bond acceptors (Lipinski definition) is 7. The predicted octanol–water partition coefficient (Wildman–Crippen LogP) is 2.46. The van der Waals surface area contributed by atoms with E-state index in [1.165, 1.54) is 6.33 Å². The summed E-state index contributed by atoms with van der Waals surface area (Å²) in [4.78, 5) is 10.0. The van der Waals surface area contributed by atoms with Gasteiger partial charge < -0.3 is 15.3 Å². The second-order valence-corrected chi connectivity index (χ2v) is 7.63. The number of hydrogen-bond donors (Lipinski definition) is 2. The van der Waals surface area contributed by atoms with Gasteiger partial charge in [0.25, 0.3) is 0 Å². The highest BCUT2D eigenvalue weighted by Crippen LogP contribution is 2.34. The summed E-state index contributed by atoms with van der Waals surface area (Å²) in [6.45, 7) is 0. The van der Waals surface area contributed by atoms with Gasteiger partial charge in [0.2, 0.25) is 0 Å². The number of nitrogens with one attached hydrogen (secondary N) is 1. The molecule has 1 aromatic carbocycles. The molecule has 3 aromatic rings. The Kier molecular flexibility index (Phi) is 4.08. The van der Waals surface area contributed by atoms with Gasteiger partial charge in [0.15, 0.2) is 5.82 Å². The Morgan fingerprint density at radius 1 is 1.21 bits per heavy atom. The van der Waals surface area contributed by atoms with Crippen LogP contribution in [-0.4, -0.2) is 56.6 Å². The molecule has 0 amide bonds. The van der Waals surface area contributed by atoms with E-state index in [9.17, 15) is 9.50 Å². The van der Waals surface area contributed by atoms with E-state index in [4.69, 9.17) is 0 Å². The lowest BCUT2D eigenvalue weighted by Crippen LogP contribution is -2.55. The van der Waals surface area contributed by atoms with Crippen molar-refractivity contribution in [3.63, 3.8) is 0 Å². The van der Waals surface area contributed by atoms with Crippen LogP contribution in [0.15, 0.2) is 36.8 Å². The SMILES string of the molecule is CN(c1ccc(-c2cc3cncnc3cc2O)nn1)[C@@H]1CC2CCC(N2)[C@@H]1F. The zero-order chi connectivity index (χ0) is 19.3. The van der Waals surface area contributed by atoms with Crippen molar-refractivity contribution in [2.24, 2.45) is 0 Å². The van der Waals surface area contributed by atoms with Crippen LogP contribution in [0.1, 0.15) is 19.3 Å². The molecule has 2 N–H and O–H groups in total. The molecule has 2 fully saturated rings. The number of aromatic hydroxyl groups is 1. The normalized spacial score (nSPS) is 26.5. The number of nitrogens with zero attached hydrogens (tertiary/aromatic N) is 5. The standard InChI is InChI=1S/C20H21FN6O/c1-27(17-7-12-2-3-15(24-12)20(17)21)19-5-4-14(25-26-19)13-6-11-9-22-10-23-16(11)8-18(13)28/h4-6,8-10,12,15,17,20,24,28H,2-3,7H2,1H3/t12?,15?,17-,20+/m1/s1. The maximum Gasteiger partial charge on any atom is 0.151 e. The van der Waals surface area contributed by atoms with Crippen LogP contribution in [0.3, 0.4) is 0 Å². The van der Waals surface area contributed by atoms with Crippen LogP contribution >= 0.6 is 0 Å². The molecule has 2 aliphatic heterocycles. The molecule has 2 aliphatic rings. The second kappa shape index (κ2) is 6.63. The van der Waals surface area contributed by atoms with Crippen LogP contribution < -0.4 is 10.2 Å². The van der Waals surface area contributed by atoms with Crippen molar-refractivity contribution >= 4 is 16.7 Å². The molecule has 0 aliphatic carbocycles. The summed E-state index contributed by atoms with van der Waals surface area (Å²) < 4.78 is 14.8. The van der Waals surface area contributed by atoms with E-state index in [-0.39, 0.29) is 17.8 Å². The van der Waals surface area contributed by atoms with Crippen LogP contribution in [0.2, 0.25) is 0 Å². The van der Waals surface area contributed by atoms with E-state index in [1.54, 1.807) is 24.4 Å². The van der Waals surface area contributed by atoms with E-state index in [0.29, 0.717) is 28.6 Å². The Morgan fingerprint density at radius 2 is 2.11 bits per heavy atom. The first-order valence-corrected chi connectivity index (χ1v) is 9.50. The minimum Gasteiger partial charge on any atom is -0.507 e. The largest absolute Gasteiger partial charge is 0.507 e. The number of fused-ring (bicyclic) bond motifs is 3. The number of phenolic OH excluding ortho intramolecular Hbond substituents is 1. The monoisotopic (exact) mass is 380 g/mol. The van der Waals surface area contributed by atoms with Crippen molar-refractivity contribution in [1.29, 1.82) is 0 Å². The molecule has 2 bridgehead atoms. The quantitative estimate of drug-likeness (QED) is 0.722. The second-order valence-electron chi connectivity index (χ2n) is 7.63. The number of anilines is 1. The average Bonchev–Trinajstić information content (AvgIpc) is 3.13. The summed E-state index contributed by atoms with van der Waals surface area (Å²) >= 11 is 0. The molecular formula is C20H21FN6O. The Bertz CT molecular complexity index is 1010. The minimum absolute atomic E-state index is 0.0600. The summed E-state index contributed by atoms with van der Waals surface area (Å²) in [6, 6.07) is 7.12. The van der Waals surface area contributed by atoms with Crippen molar-refractivity contribution in [2.45, 2.75) is 43.6 Å². The van der Waals surface area contributed by atoms with Crippen LogP contribution in [0.4, 0.5) is 10.2 Å². The summed E-state index contributed by atoms with van der Waals surface area (Å²) in [5, 5.41) is 23.1. The molecule has 4 heterocycles. The molecule has 2 aromatic heterocycles. The van der Waals surface area contributed by atoms with E-state index in [2.05, 4.69) is 25.5 Å². The van der Waals surface area contributed by atoms with Crippen molar-refractivity contribution in [3.8, 4) is 17.0 Å². The maximum atomic E-state index is 14.8.